The Hall–Kier alpha value is -0.670. The third-order valence-electron chi connectivity index (χ3n) is 3.98. The van der Waals surface area contributed by atoms with E-state index in [1.54, 1.807) is 6.26 Å². The monoisotopic (exact) mass is 295 g/mol. The maximum absolute atomic E-state index is 11.3. The first-order valence-corrected chi connectivity index (χ1v) is 9.06. The summed E-state index contributed by atoms with van der Waals surface area (Å²) in [7, 11) is -0.714. The normalized spacial score (nSPS) is 16.6. The van der Waals surface area contributed by atoms with Gasteiger partial charge in [-0.2, -0.15) is 0 Å². The van der Waals surface area contributed by atoms with Gasteiger partial charge < -0.3 is 5.32 Å². The Bertz CT molecular complexity index is 416. The van der Waals surface area contributed by atoms with Crippen molar-refractivity contribution in [2.75, 3.05) is 12.8 Å². The lowest BCUT2D eigenvalue weighted by molar-refractivity contribution is 0.387. The molecule has 20 heavy (non-hydrogen) atoms. The van der Waals surface area contributed by atoms with Gasteiger partial charge >= 0.3 is 0 Å². The van der Waals surface area contributed by atoms with E-state index in [9.17, 15) is 4.21 Å². The van der Waals surface area contributed by atoms with Crippen LogP contribution in [-0.2, 0) is 16.2 Å². The van der Waals surface area contributed by atoms with Gasteiger partial charge in [-0.1, -0.05) is 51.1 Å². The second-order valence-electron chi connectivity index (χ2n) is 6.41. The van der Waals surface area contributed by atoms with Gasteiger partial charge in [0.25, 0.3) is 0 Å². The molecule has 0 saturated carbocycles. The summed E-state index contributed by atoms with van der Waals surface area (Å²) < 4.78 is 11.3. The van der Waals surface area contributed by atoms with Crippen molar-refractivity contribution in [3.05, 3.63) is 35.9 Å². The molecule has 114 valence electrons. The Labute approximate surface area is 126 Å². The van der Waals surface area contributed by atoms with Crippen LogP contribution in [0.3, 0.4) is 0 Å². The molecule has 1 rings (SSSR count). The molecule has 3 heteroatoms. The predicted molar refractivity (Wildman–Crippen MR) is 89.7 cm³/mol. The summed E-state index contributed by atoms with van der Waals surface area (Å²) in [6, 6.07) is 11.1. The van der Waals surface area contributed by atoms with E-state index in [1.165, 1.54) is 5.56 Å². The highest BCUT2D eigenvalue weighted by molar-refractivity contribution is 7.84. The van der Waals surface area contributed by atoms with Crippen LogP contribution in [0.5, 0.6) is 0 Å². The molecule has 0 aliphatic carbocycles. The number of rotatable bonds is 8. The number of hydrogen-bond donors (Lipinski definition) is 1. The summed E-state index contributed by atoms with van der Waals surface area (Å²) in [5.74, 6) is 0. The first-order valence-electron chi connectivity index (χ1n) is 7.44. The first-order chi connectivity index (χ1) is 9.33. The van der Waals surface area contributed by atoms with Gasteiger partial charge in [0.15, 0.2) is 0 Å². The maximum atomic E-state index is 11.3. The molecule has 0 fully saturated rings. The Morgan fingerprint density at radius 1 is 1.20 bits per heavy atom. The van der Waals surface area contributed by atoms with Gasteiger partial charge in [-0.3, -0.25) is 4.21 Å². The van der Waals surface area contributed by atoms with Crippen molar-refractivity contribution in [2.24, 2.45) is 0 Å². The van der Waals surface area contributed by atoms with Gasteiger partial charge in [-0.15, -0.1) is 0 Å². The minimum absolute atomic E-state index is 0.173. The van der Waals surface area contributed by atoms with Crippen LogP contribution in [0, 0.1) is 0 Å². The largest absolute Gasteiger partial charge is 0.314 e. The van der Waals surface area contributed by atoms with Gasteiger partial charge in [0.05, 0.1) is 0 Å². The molecule has 3 atom stereocenters. The number of benzene rings is 1. The zero-order valence-corrected chi connectivity index (χ0v) is 14.3. The van der Waals surface area contributed by atoms with Crippen molar-refractivity contribution in [3.8, 4) is 0 Å². The van der Waals surface area contributed by atoms with Crippen LogP contribution >= 0.6 is 0 Å². The molecule has 0 amide bonds. The summed E-state index contributed by atoms with van der Waals surface area (Å²) in [5.41, 5.74) is 1.56. The summed E-state index contributed by atoms with van der Waals surface area (Å²) in [6.07, 6.45) is 3.85. The van der Waals surface area contributed by atoms with Gasteiger partial charge in [0.2, 0.25) is 0 Å². The van der Waals surface area contributed by atoms with E-state index in [0.29, 0.717) is 6.04 Å². The molecule has 2 nitrogen and oxygen atoms in total. The molecule has 0 saturated heterocycles. The van der Waals surface area contributed by atoms with Gasteiger partial charge in [-0.05, 0) is 37.3 Å². The lowest BCUT2D eigenvalue weighted by Gasteiger charge is -2.29. The lowest BCUT2D eigenvalue weighted by atomic mass is 9.79. The van der Waals surface area contributed by atoms with Gasteiger partial charge in [0, 0.05) is 28.3 Å². The Balaban J connectivity index is 2.42. The quantitative estimate of drug-likeness (QED) is 0.795. The standard InChI is InChI=1S/C17H29NOS/c1-14(18-12-11-15(2)20(5)19)13-17(3,4)16-9-7-6-8-10-16/h6-10,14-15,18H,11-13H2,1-5H3. The fraction of sp³-hybridized carbons (Fsp3) is 0.647. The average Bonchev–Trinajstić information content (AvgIpc) is 2.39. The molecule has 1 aromatic carbocycles. The highest BCUT2D eigenvalue weighted by Crippen LogP contribution is 2.28. The number of hydrogen-bond acceptors (Lipinski definition) is 2. The van der Waals surface area contributed by atoms with E-state index < -0.39 is 10.8 Å². The van der Waals surface area contributed by atoms with Crippen LogP contribution in [0.2, 0.25) is 0 Å². The average molecular weight is 295 g/mol. The van der Waals surface area contributed by atoms with E-state index >= 15 is 0 Å². The molecule has 0 aromatic heterocycles. The zero-order valence-electron chi connectivity index (χ0n) is 13.5. The molecule has 0 aliphatic heterocycles. The number of nitrogens with one attached hydrogen (secondary N) is 1. The van der Waals surface area contributed by atoms with E-state index in [-0.39, 0.29) is 10.7 Å². The van der Waals surface area contributed by atoms with E-state index in [1.807, 2.05) is 0 Å². The van der Waals surface area contributed by atoms with E-state index in [0.717, 1.165) is 19.4 Å². The van der Waals surface area contributed by atoms with Crippen molar-refractivity contribution >= 4 is 10.8 Å². The second kappa shape index (κ2) is 7.94. The van der Waals surface area contributed by atoms with E-state index in [4.69, 9.17) is 0 Å². The summed E-state index contributed by atoms with van der Waals surface area (Å²) >= 11 is 0. The molecular weight excluding hydrogens is 266 g/mol. The van der Waals surface area contributed by atoms with Crippen molar-refractivity contribution in [2.45, 2.75) is 57.2 Å². The summed E-state index contributed by atoms with van der Waals surface area (Å²) in [5, 5.41) is 3.83. The van der Waals surface area contributed by atoms with Crippen LogP contribution in [0.15, 0.2) is 30.3 Å². The smallest absolute Gasteiger partial charge is 0.0329 e. The molecule has 3 unspecified atom stereocenters. The van der Waals surface area contributed by atoms with Gasteiger partial charge in [-0.25, -0.2) is 0 Å². The van der Waals surface area contributed by atoms with Crippen LogP contribution in [0.1, 0.15) is 46.1 Å². The predicted octanol–water partition coefficient (Wildman–Crippen LogP) is 3.49. The molecule has 0 heterocycles. The Morgan fingerprint density at radius 2 is 1.80 bits per heavy atom. The van der Waals surface area contributed by atoms with Crippen molar-refractivity contribution < 1.29 is 4.21 Å². The van der Waals surface area contributed by atoms with Crippen LogP contribution < -0.4 is 5.32 Å². The molecule has 1 aromatic rings. The molecule has 0 spiro atoms. The Morgan fingerprint density at radius 3 is 2.35 bits per heavy atom. The fourth-order valence-corrected chi connectivity index (χ4v) is 2.99. The minimum atomic E-state index is -0.714. The third kappa shape index (κ3) is 5.76. The summed E-state index contributed by atoms with van der Waals surface area (Å²) in [6.45, 7) is 9.82. The SMILES string of the molecule is CC(CC(C)(C)c1ccccc1)NCCC(C)S(C)=O. The Kier molecular flexibility index (Phi) is 6.90. The van der Waals surface area contributed by atoms with Crippen LogP contribution in [-0.4, -0.2) is 28.3 Å². The molecular formula is C17H29NOS. The zero-order chi connectivity index (χ0) is 15.2. The van der Waals surface area contributed by atoms with Crippen molar-refractivity contribution in [3.63, 3.8) is 0 Å². The topological polar surface area (TPSA) is 29.1 Å². The minimum Gasteiger partial charge on any atom is -0.314 e. The first kappa shape index (κ1) is 17.4. The second-order valence-corrected chi connectivity index (χ2v) is 8.21. The maximum Gasteiger partial charge on any atom is 0.0329 e. The van der Waals surface area contributed by atoms with Crippen LogP contribution in [0.4, 0.5) is 0 Å². The highest BCUT2D eigenvalue weighted by Gasteiger charge is 2.22. The fourth-order valence-electron chi connectivity index (χ4n) is 2.54. The highest BCUT2D eigenvalue weighted by atomic mass is 32.2. The third-order valence-corrected chi connectivity index (χ3v) is 5.35. The molecule has 1 N–H and O–H groups in total. The van der Waals surface area contributed by atoms with Crippen LogP contribution in [0.25, 0.3) is 0 Å². The van der Waals surface area contributed by atoms with Crippen molar-refractivity contribution in [1.29, 1.82) is 0 Å². The lowest BCUT2D eigenvalue weighted by Crippen LogP contribution is -2.35. The molecule has 0 aliphatic rings. The van der Waals surface area contributed by atoms with E-state index in [2.05, 4.69) is 63.3 Å². The summed E-state index contributed by atoms with van der Waals surface area (Å²) in [4.78, 5) is 0. The van der Waals surface area contributed by atoms with Gasteiger partial charge in [0.1, 0.15) is 0 Å². The molecule has 0 bridgehead atoms. The molecule has 0 radical (unpaired) electrons. The van der Waals surface area contributed by atoms with Crippen molar-refractivity contribution in [1.82, 2.24) is 5.32 Å².